The Bertz CT molecular complexity index is 499. The molecule has 0 aliphatic carbocycles. The van der Waals surface area contributed by atoms with Gasteiger partial charge >= 0.3 is 0 Å². The summed E-state index contributed by atoms with van der Waals surface area (Å²) in [6, 6.07) is 0.0334. The van der Waals surface area contributed by atoms with Gasteiger partial charge in [0.1, 0.15) is 0 Å². The molecule has 0 bridgehead atoms. The summed E-state index contributed by atoms with van der Waals surface area (Å²) in [7, 11) is 0. The van der Waals surface area contributed by atoms with E-state index < -0.39 is 22.2 Å². The van der Waals surface area contributed by atoms with Crippen LogP contribution in [0.4, 0.5) is 8.78 Å². The van der Waals surface area contributed by atoms with Crippen LogP contribution in [0.2, 0.25) is 0 Å². The van der Waals surface area contributed by atoms with Crippen molar-refractivity contribution in [3.63, 3.8) is 0 Å². The maximum absolute atomic E-state index is 15.3. The van der Waals surface area contributed by atoms with Crippen molar-refractivity contribution in [1.29, 1.82) is 0 Å². The largest absolute Gasteiger partial charge is 0.354 e. The van der Waals surface area contributed by atoms with Gasteiger partial charge in [0, 0.05) is 23.8 Å². The second-order valence-electron chi connectivity index (χ2n) is 11.7. The molecule has 1 N–H and O–H groups in total. The average Bonchev–Trinajstić information content (AvgIpc) is 2.40. The number of carbonyl (C=O) groups is 1. The lowest BCUT2D eigenvalue weighted by Gasteiger charge is -2.50. The summed E-state index contributed by atoms with van der Waals surface area (Å²) in [5.74, 6) is -3.17. The molecule has 1 unspecified atom stereocenters. The van der Waals surface area contributed by atoms with Gasteiger partial charge in [0.25, 0.3) is 5.92 Å². The molecular weight excluding hydrogens is 344 g/mol. The summed E-state index contributed by atoms with van der Waals surface area (Å²) in [6.45, 7) is 22.7. The van der Waals surface area contributed by atoms with Crippen molar-refractivity contribution in [1.82, 2.24) is 5.32 Å². The molecule has 0 aromatic heterocycles. The van der Waals surface area contributed by atoms with Crippen molar-refractivity contribution < 1.29 is 13.6 Å². The molecule has 27 heavy (non-hydrogen) atoms. The molecule has 0 aromatic carbocycles. The summed E-state index contributed by atoms with van der Waals surface area (Å²) >= 11 is 0. The molecule has 0 saturated heterocycles. The van der Waals surface area contributed by atoms with Crippen LogP contribution in [0.1, 0.15) is 102 Å². The molecule has 0 aliphatic rings. The number of hydrogen-bond donors (Lipinski definition) is 1. The summed E-state index contributed by atoms with van der Waals surface area (Å²) in [4.78, 5) is 12.9. The lowest BCUT2D eigenvalue weighted by Crippen LogP contribution is -2.52. The molecule has 0 spiro atoms. The van der Waals surface area contributed by atoms with Crippen molar-refractivity contribution in [3.05, 3.63) is 0 Å². The van der Waals surface area contributed by atoms with Gasteiger partial charge < -0.3 is 5.32 Å². The van der Waals surface area contributed by atoms with E-state index in [1.54, 1.807) is 13.8 Å². The number of carbonyl (C=O) groups excluding carboxylic acids is 1. The molecule has 2 nitrogen and oxygen atoms in total. The van der Waals surface area contributed by atoms with E-state index in [1.165, 1.54) is 0 Å². The third-order valence-electron chi connectivity index (χ3n) is 6.68. The molecule has 0 heterocycles. The van der Waals surface area contributed by atoms with Gasteiger partial charge in [0.15, 0.2) is 0 Å². The van der Waals surface area contributed by atoms with E-state index >= 15 is 8.78 Å². The summed E-state index contributed by atoms with van der Waals surface area (Å²) < 4.78 is 30.7. The molecule has 0 radical (unpaired) electrons. The van der Waals surface area contributed by atoms with E-state index in [2.05, 4.69) is 26.1 Å². The first-order chi connectivity index (χ1) is 11.7. The maximum atomic E-state index is 15.3. The first-order valence-corrected chi connectivity index (χ1v) is 10.4. The van der Waals surface area contributed by atoms with Crippen molar-refractivity contribution in [2.45, 2.75) is 114 Å². The summed E-state index contributed by atoms with van der Waals surface area (Å²) in [5, 5.41) is 3.01. The molecule has 0 aliphatic heterocycles. The molecule has 162 valence electrons. The predicted molar refractivity (Wildman–Crippen MR) is 112 cm³/mol. The van der Waals surface area contributed by atoms with Gasteiger partial charge in [-0.25, -0.2) is 8.78 Å². The second-order valence-corrected chi connectivity index (χ2v) is 11.7. The Labute approximate surface area is 167 Å². The number of rotatable bonds is 9. The van der Waals surface area contributed by atoms with Crippen LogP contribution in [-0.2, 0) is 4.79 Å². The van der Waals surface area contributed by atoms with Gasteiger partial charge in [0.05, 0.1) is 0 Å². The molecule has 0 saturated carbocycles. The van der Waals surface area contributed by atoms with Crippen molar-refractivity contribution in [2.75, 3.05) is 0 Å². The summed E-state index contributed by atoms with van der Waals surface area (Å²) in [6.07, 6.45) is 1.08. The van der Waals surface area contributed by atoms with E-state index in [0.29, 0.717) is 6.42 Å². The van der Waals surface area contributed by atoms with E-state index in [0.717, 1.165) is 6.42 Å². The van der Waals surface area contributed by atoms with Crippen molar-refractivity contribution >= 4 is 5.91 Å². The van der Waals surface area contributed by atoms with E-state index in [4.69, 9.17) is 0 Å². The zero-order valence-electron chi connectivity index (χ0n) is 19.9. The SMILES string of the molecule is CCC(C)(C)C(CC(C)(C)C(C)(C)C(F)(F)CC(C)(C)C)C(=O)NC(C)C. The highest BCUT2D eigenvalue weighted by atomic mass is 19.3. The molecule has 0 fully saturated rings. The van der Waals surface area contributed by atoms with Gasteiger partial charge in [-0.05, 0) is 36.5 Å². The number of alkyl halides is 2. The normalized spacial score (nSPS) is 15.8. The topological polar surface area (TPSA) is 29.1 Å². The first kappa shape index (κ1) is 26.3. The predicted octanol–water partition coefficient (Wildman–Crippen LogP) is 7.08. The number of nitrogens with one attached hydrogen (secondary N) is 1. The number of amides is 1. The van der Waals surface area contributed by atoms with E-state index in [-0.39, 0.29) is 29.7 Å². The molecule has 0 aromatic rings. The van der Waals surface area contributed by atoms with Gasteiger partial charge in [-0.2, -0.15) is 0 Å². The average molecular weight is 390 g/mol. The van der Waals surface area contributed by atoms with Crippen LogP contribution < -0.4 is 5.32 Å². The minimum Gasteiger partial charge on any atom is -0.354 e. The standard InChI is InChI=1S/C23H45F2NO/c1-13-20(7,8)17(18(27)26-16(2)3)14-21(9,10)22(11,12)23(24,25)15-19(4,5)6/h16-17H,13-15H2,1-12H3,(H,26,27). The first-order valence-electron chi connectivity index (χ1n) is 10.4. The fourth-order valence-electron chi connectivity index (χ4n) is 3.50. The highest BCUT2D eigenvalue weighted by molar-refractivity contribution is 5.79. The van der Waals surface area contributed by atoms with Crippen LogP contribution in [0.25, 0.3) is 0 Å². The zero-order valence-corrected chi connectivity index (χ0v) is 19.9. The zero-order chi connectivity index (χ0) is 22.1. The van der Waals surface area contributed by atoms with Crippen LogP contribution >= 0.6 is 0 Å². The number of halogens is 2. The third kappa shape index (κ3) is 6.71. The molecule has 1 amide bonds. The van der Waals surface area contributed by atoms with Gasteiger partial charge in [0.2, 0.25) is 5.91 Å². The van der Waals surface area contributed by atoms with Crippen LogP contribution in [-0.4, -0.2) is 17.9 Å². The van der Waals surface area contributed by atoms with Crippen LogP contribution in [0.3, 0.4) is 0 Å². The quantitative estimate of drug-likeness (QED) is 0.448. The van der Waals surface area contributed by atoms with Crippen LogP contribution in [0, 0.1) is 27.6 Å². The van der Waals surface area contributed by atoms with E-state index in [9.17, 15) is 4.79 Å². The maximum Gasteiger partial charge on any atom is 0.254 e. The minimum absolute atomic E-state index is 0.0279. The highest BCUT2D eigenvalue weighted by Crippen LogP contribution is 2.57. The Hall–Kier alpha value is -0.670. The van der Waals surface area contributed by atoms with Crippen molar-refractivity contribution in [3.8, 4) is 0 Å². The lowest BCUT2D eigenvalue weighted by molar-refractivity contribution is -0.184. The van der Waals surface area contributed by atoms with Gasteiger partial charge in [-0.15, -0.1) is 0 Å². The molecular formula is C23H45F2NO. The fourth-order valence-corrected chi connectivity index (χ4v) is 3.50. The smallest absolute Gasteiger partial charge is 0.254 e. The monoisotopic (exact) mass is 389 g/mol. The Kier molecular flexibility index (Phi) is 8.16. The van der Waals surface area contributed by atoms with Crippen LogP contribution in [0.15, 0.2) is 0 Å². The number of hydrogen-bond acceptors (Lipinski definition) is 1. The van der Waals surface area contributed by atoms with Crippen LogP contribution in [0.5, 0.6) is 0 Å². The van der Waals surface area contributed by atoms with E-state index in [1.807, 2.05) is 48.5 Å². The fraction of sp³-hybridized carbons (Fsp3) is 0.957. The Morgan fingerprint density at radius 1 is 0.926 bits per heavy atom. The summed E-state index contributed by atoms with van der Waals surface area (Å²) in [5.41, 5.74) is -2.68. The van der Waals surface area contributed by atoms with Crippen molar-refractivity contribution in [2.24, 2.45) is 27.6 Å². The Morgan fingerprint density at radius 2 is 1.37 bits per heavy atom. The third-order valence-corrected chi connectivity index (χ3v) is 6.68. The second kappa shape index (κ2) is 8.37. The minimum atomic E-state index is -2.83. The molecule has 4 heteroatoms. The molecule has 0 rings (SSSR count). The Morgan fingerprint density at radius 3 is 1.70 bits per heavy atom. The Balaban J connectivity index is 5.89. The lowest BCUT2D eigenvalue weighted by atomic mass is 9.56. The van der Waals surface area contributed by atoms with Gasteiger partial charge in [-0.3, -0.25) is 4.79 Å². The highest BCUT2D eigenvalue weighted by Gasteiger charge is 2.57. The molecule has 1 atom stereocenters. The van der Waals surface area contributed by atoms with Gasteiger partial charge in [-0.1, -0.05) is 75.7 Å².